The van der Waals surface area contributed by atoms with E-state index >= 15 is 0 Å². The third kappa shape index (κ3) is 4.63. The van der Waals surface area contributed by atoms with Gasteiger partial charge in [-0.25, -0.2) is 0 Å². The van der Waals surface area contributed by atoms with Crippen molar-refractivity contribution in [2.45, 2.75) is 142 Å². The van der Waals surface area contributed by atoms with E-state index < -0.39 is 0 Å². The molecule has 0 amide bonds. The van der Waals surface area contributed by atoms with Gasteiger partial charge < -0.3 is 0 Å². The number of hydrogen-bond donors (Lipinski definition) is 0. The molecule has 0 atom stereocenters. The average Bonchev–Trinajstić information content (AvgIpc) is 2.89. The summed E-state index contributed by atoms with van der Waals surface area (Å²) in [7, 11) is 0. The monoisotopic (exact) mass is 500 g/mol. The van der Waals surface area contributed by atoms with Crippen LogP contribution in [0.25, 0.3) is 0 Å². The highest BCUT2D eigenvalue weighted by molar-refractivity contribution is 7.84. The molecule has 0 aromatic rings. The topological polar surface area (TPSA) is 0 Å². The molecular formula is C32H52S2. The highest BCUT2D eigenvalue weighted by atomic mass is 32.1. The van der Waals surface area contributed by atoms with Gasteiger partial charge in [0.25, 0.3) is 0 Å². The van der Waals surface area contributed by atoms with Crippen LogP contribution in [0.4, 0.5) is 0 Å². The molecule has 192 valence electrons. The molecule has 0 heterocycles. The van der Waals surface area contributed by atoms with E-state index in [0.717, 1.165) is 35.5 Å². The van der Waals surface area contributed by atoms with Crippen LogP contribution in [0.2, 0.25) is 0 Å². The molecule has 5 saturated carbocycles. The van der Waals surface area contributed by atoms with Crippen LogP contribution in [-0.4, -0.2) is 9.73 Å². The largest absolute Gasteiger partial charge is 0.0877 e. The van der Waals surface area contributed by atoms with Crippen molar-refractivity contribution in [1.82, 2.24) is 0 Å². The zero-order valence-corrected chi connectivity index (χ0v) is 24.1. The highest BCUT2D eigenvalue weighted by Crippen LogP contribution is 2.64. The van der Waals surface area contributed by atoms with E-state index in [9.17, 15) is 0 Å². The van der Waals surface area contributed by atoms with E-state index in [1.165, 1.54) is 138 Å². The Bertz CT molecular complexity index is 627. The maximum Gasteiger partial charge on any atom is 0.0348 e. The smallest absolute Gasteiger partial charge is 0.0348 e. The minimum atomic E-state index is 0.200. The first-order valence-corrected chi connectivity index (χ1v) is 16.4. The third-order valence-corrected chi connectivity index (χ3v) is 13.6. The van der Waals surface area contributed by atoms with Gasteiger partial charge in [-0.2, -0.15) is 0 Å². The van der Waals surface area contributed by atoms with Crippen LogP contribution in [0.3, 0.4) is 0 Å². The molecule has 0 aliphatic heterocycles. The second-order valence-corrected chi connectivity index (χ2v) is 14.5. The Hall–Kier alpha value is 0.180. The van der Waals surface area contributed by atoms with Crippen LogP contribution in [0.5, 0.6) is 0 Å². The molecule has 0 radical (unpaired) electrons. The summed E-state index contributed by atoms with van der Waals surface area (Å²) < 4.78 is 0. The molecule has 0 unspecified atom stereocenters. The van der Waals surface area contributed by atoms with Gasteiger partial charge in [0.05, 0.1) is 0 Å². The normalized spacial score (nSPS) is 45.5. The summed E-state index contributed by atoms with van der Waals surface area (Å²) in [5, 5.41) is 0. The van der Waals surface area contributed by atoms with Gasteiger partial charge in [-0.05, 0) is 113 Å². The van der Waals surface area contributed by atoms with Crippen molar-refractivity contribution in [3.8, 4) is 0 Å². The van der Waals surface area contributed by atoms with Gasteiger partial charge in [0.1, 0.15) is 0 Å². The van der Waals surface area contributed by atoms with E-state index in [0.29, 0.717) is 0 Å². The Morgan fingerprint density at radius 1 is 0.500 bits per heavy atom. The molecule has 0 bridgehead atoms. The van der Waals surface area contributed by atoms with E-state index in [1.54, 1.807) is 0 Å². The molecule has 5 fully saturated rings. The summed E-state index contributed by atoms with van der Waals surface area (Å²) in [6, 6.07) is 0. The predicted molar refractivity (Wildman–Crippen MR) is 155 cm³/mol. The van der Waals surface area contributed by atoms with Gasteiger partial charge >= 0.3 is 0 Å². The van der Waals surface area contributed by atoms with Crippen molar-refractivity contribution in [1.29, 1.82) is 0 Å². The standard InChI is InChI=1S/C32H52S2/c1-3-5-23-7-11-25(12-8-23)27-15-19-31(20-16-27)29(33)32(30(31)34)21-17-28(18-22-32)26-13-9-24(6-4-2)10-14-26/h23-28H,3-22H2,1-2H3/t23-,24-,25-,26-,27?,28?,31?,32?. The van der Waals surface area contributed by atoms with E-state index in [4.69, 9.17) is 24.4 Å². The minimum absolute atomic E-state index is 0.200. The fourth-order valence-corrected chi connectivity index (χ4v) is 11.2. The molecule has 2 spiro atoms. The molecule has 0 nitrogen and oxygen atoms in total. The maximum absolute atomic E-state index is 6.32. The molecule has 5 rings (SSSR count). The minimum Gasteiger partial charge on any atom is -0.0877 e. The average molecular weight is 501 g/mol. The number of rotatable bonds is 6. The number of hydrogen-bond acceptors (Lipinski definition) is 2. The van der Waals surface area contributed by atoms with Gasteiger partial charge in [0.2, 0.25) is 0 Å². The van der Waals surface area contributed by atoms with Crippen molar-refractivity contribution in [2.24, 2.45) is 46.3 Å². The van der Waals surface area contributed by atoms with Crippen molar-refractivity contribution in [3.05, 3.63) is 0 Å². The lowest BCUT2D eigenvalue weighted by atomic mass is 9.43. The number of thiocarbonyl (C=S) groups is 2. The van der Waals surface area contributed by atoms with Gasteiger partial charge in [0.15, 0.2) is 0 Å². The Labute approximate surface area is 222 Å². The lowest BCUT2D eigenvalue weighted by molar-refractivity contribution is 0.114. The van der Waals surface area contributed by atoms with E-state index in [-0.39, 0.29) is 10.8 Å². The zero-order valence-electron chi connectivity index (χ0n) is 22.4. The first-order valence-electron chi connectivity index (χ1n) is 15.6. The summed E-state index contributed by atoms with van der Waals surface area (Å²) in [6.45, 7) is 4.71. The van der Waals surface area contributed by atoms with Gasteiger partial charge in [-0.1, -0.05) is 89.6 Å². The summed E-state index contributed by atoms with van der Waals surface area (Å²) >= 11 is 12.6. The summed E-state index contributed by atoms with van der Waals surface area (Å²) in [6.07, 6.45) is 28.5. The predicted octanol–water partition coefficient (Wildman–Crippen LogP) is 10.3. The van der Waals surface area contributed by atoms with Crippen LogP contribution < -0.4 is 0 Å². The SMILES string of the molecule is CCC[C@H]1CC[C@H](C2CCC3(CC2)C(=S)C2(CCC([C@H]4CC[C@H](CCC)CC4)CC2)C3=S)CC1. The summed E-state index contributed by atoms with van der Waals surface area (Å²) in [4.78, 5) is 2.89. The molecule has 5 aliphatic carbocycles. The van der Waals surface area contributed by atoms with E-state index in [2.05, 4.69) is 13.8 Å². The van der Waals surface area contributed by atoms with Crippen LogP contribution in [0.15, 0.2) is 0 Å². The molecular weight excluding hydrogens is 448 g/mol. The van der Waals surface area contributed by atoms with Gasteiger partial charge in [-0.3, -0.25) is 0 Å². The van der Waals surface area contributed by atoms with Crippen LogP contribution in [0.1, 0.15) is 142 Å². The quantitative estimate of drug-likeness (QED) is 0.333. The summed E-state index contributed by atoms with van der Waals surface area (Å²) in [5.41, 5.74) is 0.400. The first-order chi connectivity index (χ1) is 16.5. The molecule has 0 aromatic carbocycles. The highest BCUT2D eigenvalue weighted by Gasteiger charge is 2.65. The maximum atomic E-state index is 6.32. The van der Waals surface area contributed by atoms with Crippen molar-refractivity contribution < 1.29 is 0 Å². The van der Waals surface area contributed by atoms with Crippen LogP contribution in [-0.2, 0) is 0 Å². The second-order valence-electron chi connectivity index (χ2n) is 13.6. The zero-order chi connectivity index (χ0) is 23.8. The molecule has 0 N–H and O–H groups in total. The molecule has 34 heavy (non-hydrogen) atoms. The molecule has 0 aromatic heterocycles. The Kier molecular flexibility index (Phi) is 8.27. The van der Waals surface area contributed by atoms with E-state index in [1.807, 2.05) is 0 Å². The van der Waals surface area contributed by atoms with Gasteiger partial charge in [-0.15, -0.1) is 0 Å². The van der Waals surface area contributed by atoms with Crippen LogP contribution in [0, 0.1) is 46.3 Å². The second kappa shape index (κ2) is 10.9. The molecule has 5 aliphatic rings. The van der Waals surface area contributed by atoms with Gasteiger partial charge in [0, 0.05) is 20.6 Å². The first kappa shape index (κ1) is 25.8. The molecule has 0 saturated heterocycles. The summed E-state index contributed by atoms with van der Waals surface area (Å²) in [5.74, 6) is 6.01. The van der Waals surface area contributed by atoms with Crippen LogP contribution >= 0.6 is 24.4 Å². The van der Waals surface area contributed by atoms with Crippen molar-refractivity contribution in [2.75, 3.05) is 0 Å². The van der Waals surface area contributed by atoms with Crippen molar-refractivity contribution >= 4 is 34.2 Å². The Balaban J connectivity index is 1.10. The third-order valence-electron chi connectivity index (χ3n) is 12.0. The molecule has 2 heteroatoms. The lowest BCUT2D eigenvalue weighted by Gasteiger charge is -2.63. The Morgan fingerprint density at radius 2 is 0.794 bits per heavy atom. The fourth-order valence-electron chi connectivity index (χ4n) is 9.89. The van der Waals surface area contributed by atoms with Crippen molar-refractivity contribution in [3.63, 3.8) is 0 Å². The lowest BCUT2D eigenvalue weighted by Crippen LogP contribution is -2.67. The fraction of sp³-hybridized carbons (Fsp3) is 0.938. The Morgan fingerprint density at radius 3 is 1.09 bits per heavy atom.